The molecule has 0 aliphatic heterocycles. The second kappa shape index (κ2) is 5.15. The maximum absolute atomic E-state index is 9.66. The van der Waals surface area contributed by atoms with E-state index in [1.54, 1.807) is 4.68 Å². The molecule has 0 radical (unpaired) electrons. The van der Waals surface area contributed by atoms with E-state index in [-0.39, 0.29) is 6.10 Å². The van der Waals surface area contributed by atoms with Gasteiger partial charge in [-0.2, -0.15) is 5.10 Å². The molecule has 0 saturated carbocycles. The van der Waals surface area contributed by atoms with Crippen molar-refractivity contribution >= 4 is 0 Å². The van der Waals surface area contributed by atoms with E-state index in [1.807, 2.05) is 19.4 Å². The van der Waals surface area contributed by atoms with Gasteiger partial charge in [0, 0.05) is 13.2 Å². The number of aryl methyl sites for hydroxylation is 2. The molecule has 0 amide bonds. The van der Waals surface area contributed by atoms with E-state index in [4.69, 9.17) is 0 Å². The Morgan fingerprint density at radius 3 is 2.71 bits per heavy atom. The van der Waals surface area contributed by atoms with Gasteiger partial charge in [-0.15, -0.1) is 0 Å². The van der Waals surface area contributed by atoms with Crippen LogP contribution < -0.4 is 0 Å². The largest absolute Gasteiger partial charge is 0.393 e. The van der Waals surface area contributed by atoms with E-state index in [9.17, 15) is 5.11 Å². The molecule has 0 fully saturated rings. The third kappa shape index (κ3) is 3.92. The van der Waals surface area contributed by atoms with Crippen molar-refractivity contribution in [3.05, 3.63) is 18.0 Å². The molecule has 80 valence electrons. The lowest BCUT2D eigenvalue weighted by Crippen LogP contribution is -2.10. The average molecular weight is 196 g/mol. The molecule has 1 rings (SSSR count). The maximum Gasteiger partial charge on any atom is 0.0545 e. The molecule has 0 spiro atoms. The second-order valence-corrected chi connectivity index (χ2v) is 4.34. The van der Waals surface area contributed by atoms with Crippen LogP contribution in [-0.4, -0.2) is 21.0 Å². The quantitative estimate of drug-likeness (QED) is 0.779. The van der Waals surface area contributed by atoms with Crippen LogP contribution in [0.2, 0.25) is 0 Å². The molecule has 1 atom stereocenters. The van der Waals surface area contributed by atoms with Crippen molar-refractivity contribution < 1.29 is 5.11 Å². The minimum Gasteiger partial charge on any atom is -0.393 e. The van der Waals surface area contributed by atoms with E-state index in [1.165, 1.54) is 5.56 Å². The van der Waals surface area contributed by atoms with Gasteiger partial charge in [0.2, 0.25) is 0 Å². The normalized spacial score (nSPS) is 13.5. The maximum atomic E-state index is 9.66. The van der Waals surface area contributed by atoms with Crippen molar-refractivity contribution in [2.24, 2.45) is 13.0 Å². The van der Waals surface area contributed by atoms with E-state index < -0.39 is 0 Å². The average Bonchev–Trinajstić information content (AvgIpc) is 2.47. The van der Waals surface area contributed by atoms with Gasteiger partial charge in [0.05, 0.1) is 12.3 Å². The molecule has 1 heterocycles. The van der Waals surface area contributed by atoms with Crippen LogP contribution >= 0.6 is 0 Å². The number of aliphatic hydroxyl groups is 1. The number of nitrogens with zero attached hydrogens (tertiary/aromatic N) is 2. The van der Waals surface area contributed by atoms with Crippen LogP contribution in [0.4, 0.5) is 0 Å². The molecular weight excluding hydrogens is 176 g/mol. The Kier molecular flexibility index (Phi) is 4.14. The molecule has 1 aromatic rings. The van der Waals surface area contributed by atoms with E-state index in [0.717, 1.165) is 19.3 Å². The molecule has 0 aliphatic carbocycles. The highest BCUT2D eigenvalue weighted by atomic mass is 16.3. The predicted molar refractivity (Wildman–Crippen MR) is 57.0 cm³/mol. The molecule has 0 bridgehead atoms. The summed E-state index contributed by atoms with van der Waals surface area (Å²) in [5, 5.41) is 13.8. The minimum absolute atomic E-state index is 0.171. The molecule has 1 unspecified atom stereocenters. The zero-order valence-corrected chi connectivity index (χ0v) is 9.27. The lowest BCUT2D eigenvalue weighted by molar-refractivity contribution is 0.140. The van der Waals surface area contributed by atoms with Crippen LogP contribution in [0.1, 0.15) is 32.3 Å². The third-order valence-electron chi connectivity index (χ3n) is 2.27. The van der Waals surface area contributed by atoms with Gasteiger partial charge >= 0.3 is 0 Å². The summed E-state index contributed by atoms with van der Waals surface area (Å²) in [5.74, 6) is 0.568. The summed E-state index contributed by atoms with van der Waals surface area (Å²) in [6, 6.07) is 0. The van der Waals surface area contributed by atoms with E-state index in [2.05, 4.69) is 18.9 Å². The molecule has 3 nitrogen and oxygen atoms in total. The first kappa shape index (κ1) is 11.2. The summed E-state index contributed by atoms with van der Waals surface area (Å²) in [6.45, 7) is 4.26. The smallest absolute Gasteiger partial charge is 0.0545 e. The van der Waals surface area contributed by atoms with Crippen LogP contribution in [0.25, 0.3) is 0 Å². The van der Waals surface area contributed by atoms with Gasteiger partial charge in [-0.05, 0) is 30.7 Å². The Balaban J connectivity index is 2.26. The first-order valence-electron chi connectivity index (χ1n) is 5.23. The number of rotatable bonds is 5. The SMILES string of the molecule is CC(C)CC(O)CCc1cnn(C)c1. The van der Waals surface area contributed by atoms with Gasteiger partial charge < -0.3 is 5.11 Å². The fraction of sp³-hybridized carbons (Fsp3) is 0.727. The highest BCUT2D eigenvalue weighted by molar-refractivity contribution is 5.03. The van der Waals surface area contributed by atoms with Crippen molar-refractivity contribution in [3.63, 3.8) is 0 Å². The van der Waals surface area contributed by atoms with Crippen LogP contribution in [0.15, 0.2) is 12.4 Å². The van der Waals surface area contributed by atoms with Crippen molar-refractivity contribution in [1.82, 2.24) is 9.78 Å². The van der Waals surface area contributed by atoms with Crippen molar-refractivity contribution in [1.29, 1.82) is 0 Å². The van der Waals surface area contributed by atoms with E-state index >= 15 is 0 Å². The summed E-state index contributed by atoms with van der Waals surface area (Å²) in [5.41, 5.74) is 1.20. The standard InChI is InChI=1S/C11H20N2O/c1-9(2)6-11(14)5-4-10-7-12-13(3)8-10/h7-9,11,14H,4-6H2,1-3H3. The van der Waals surface area contributed by atoms with Gasteiger partial charge in [-0.3, -0.25) is 4.68 Å². The molecule has 0 aliphatic rings. The minimum atomic E-state index is -0.171. The van der Waals surface area contributed by atoms with E-state index in [0.29, 0.717) is 5.92 Å². The summed E-state index contributed by atoms with van der Waals surface area (Å²) < 4.78 is 1.80. The first-order chi connectivity index (χ1) is 6.58. The second-order valence-electron chi connectivity index (χ2n) is 4.34. The van der Waals surface area contributed by atoms with Crippen molar-refractivity contribution in [2.75, 3.05) is 0 Å². The molecule has 14 heavy (non-hydrogen) atoms. The number of hydrogen-bond acceptors (Lipinski definition) is 2. The highest BCUT2D eigenvalue weighted by Crippen LogP contribution is 2.10. The number of aliphatic hydroxyl groups excluding tert-OH is 1. The lowest BCUT2D eigenvalue weighted by Gasteiger charge is -2.11. The summed E-state index contributed by atoms with van der Waals surface area (Å²) >= 11 is 0. The molecule has 1 N–H and O–H groups in total. The predicted octanol–water partition coefficient (Wildman–Crippen LogP) is 1.76. The topological polar surface area (TPSA) is 38.1 Å². The van der Waals surface area contributed by atoms with Gasteiger partial charge in [0.25, 0.3) is 0 Å². The Bertz CT molecular complexity index is 268. The molecule has 3 heteroatoms. The van der Waals surface area contributed by atoms with Crippen LogP contribution in [0.5, 0.6) is 0 Å². The summed E-state index contributed by atoms with van der Waals surface area (Å²) in [7, 11) is 1.91. The number of hydrogen-bond donors (Lipinski definition) is 1. The van der Waals surface area contributed by atoms with Crippen molar-refractivity contribution in [2.45, 2.75) is 39.2 Å². The zero-order chi connectivity index (χ0) is 10.6. The van der Waals surface area contributed by atoms with Crippen molar-refractivity contribution in [3.8, 4) is 0 Å². The Hall–Kier alpha value is -0.830. The lowest BCUT2D eigenvalue weighted by atomic mass is 10.0. The van der Waals surface area contributed by atoms with Gasteiger partial charge in [-0.1, -0.05) is 13.8 Å². The Morgan fingerprint density at radius 1 is 1.50 bits per heavy atom. The van der Waals surface area contributed by atoms with Crippen LogP contribution in [-0.2, 0) is 13.5 Å². The molecule has 0 saturated heterocycles. The molecular formula is C11H20N2O. The summed E-state index contributed by atoms with van der Waals surface area (Å²) in [4.78, 5) is 0. The first-order valence-corrected chi connectivity index (χ1v) is 5.23. The number of aromatic nitrogens is 2. The molecule has 0 aromatic carbocycles. The zero-order valence-electron chi connectivity index (χ0n) is 9.27. The van der Waals surface area contributed by atoms with Gasteiger partial charge in [0.15, 0.2) is 0 Å². The van der Waals surface area contributed by atoms with Crippen LogP contribution in [0, 0.1) is 5.92 Å². The Labute approximate surface area is 85.8 Å². The van der Waals surface area contributed by atoms with Gasteiger partial charge in [-0.25, -0.2) is 0 Å². The highest BCUT2D eigenvalue weighted by Gasteiger charge is 2.07. The Morgan fingerprint density at radius 2 is 2.21 bits per heavy atom. The molecule has 1 aromatic heterocycles. The fourth-order valence-electron chi connectivity index (χ4n) is 1.60. The summed E-state index contributed by atoms with van der Waals surface area (Å²) in [6.07, 6.45) is 6.34. The third-order valence-corrected chi connectivity index (χ3v) is 2.27. The van der Waals surface area contributed by atoms with Crippen LogP contribution in [0.3, 0.4) is 0 Å². The monoisotopic (exact) mass is 196 g/mol. The van der Waals surface area contributed by atoms with Gasteiger partial charge in [0.1, 0.15) is 0 Å². The fourth-order valence-corrected chi connectivity index (χ4v) is 1.60.